The largest absolute Gasteiger partial charge is 0.361 e. The van der Waals surface area contributed by atoms with Crippen molar-refractivity contribution < 1.29 is 0 Å². The molecule has 4 aromatic rings. The zero-order valence-electron chi connectivity index (χ0n) is 16.2. The summed E-state index contributed by atoms with van der Waals surface area (Å²) in [6.07, 6.45) is 6.77. The Morgan fingerprint density at radius 1 is 1.17 bits per heavy atom. The number of imidazole rings is 2. The van der Waals surface area contributed by atoms with Crippen LogP contribution in [0.1, 0.15) is 18.5 Å². The van der Waals surface area contributed by atoms with Crippen molar-refractivity contribution in [2.75, 3.05) is 36.4 Å². The third kappa shape index (κ3) is 3.85. The van der Waals surface area contributed by atoms with Gasteiger partial charge in [0, 0.05) is 31.7 Å². The first kappa shape index (κ1) is 22.4. The standard InChI is InChI=1S/C18H20ClN9.2ClH/c1-11(26-17-15-16(23-8-22-15)24-9-25-17)12-6-13(19)14-7-21-10-28(14)18(12)27-4-2-20-3-5-27;;/h6-11,20H,2-5H2,1H3,(H2,22,23,24,25,26);2*1H. The Bertz CT molecular complexity index is 1140. The monoisotopic (exact) mass is 469 g/mol. The van der Waals surface area contributed by atoms with Crippen LogP contribution in [-0.4, -0.2) is 55.5 Å². The summed E-state index contributed by atoms with van der Waals surface area (Å²) in [5.74, 6) is 1.79. The number of nitrogens with zero attached hydrogens (tertiary/aromatic N) is 6. The van der Waals surface area contributed by atoms with E-state index in [-0.39, 0.29) is 30.9 Å². The van der Waals surface area contributed by atoms with Gasteiger partial charge in [-0.1, -0.05) is 11.6 Å². The van der Waals surface area contributed by atoms with Gasteiger partial charge in [-0.05, 0) is 13.0 Å². The maximum atomic E-state index is 6.58. The molecule has 3 N–H and O–H groups in total. The van der Waals surface area contributed by atoms with E-state index in [4.69, 9.17) is 11.6 Å². The molecular formula is C18H22Cl3N9. The minimum atomic E-state index is -0.0519. The van der Waals surface area contributed by atoms with Crippen LogP contribution in [-0.2, 0) is 0 Å². The minimum absolute atomic E-state index is 0. The second-order valence-electron chi connectivity index (χ2n) is 6.85. The maximum Gasteiger partial charge on any atom is 0.162 e. The van der Waals surface area contributed by atoms with Crippen molar-refractivity contribution in [3.05, 3.63) is 41.8 Å². The van der Waals surface area contributed by atoms with E-state index in [2.05, 4.69) is 51.8 Å². The molecule has 30 heavy (non-hydrogen) atoms. The summed E-state index contributed by atoms with van der Waals surface area (Å²) in [6, 6.07) is 1.97. The zero-order chi connectivity index (χ0) is 19.1. The number of piperazine rings is 1. The van der Waals surface area contributed by atoms with Crippen LogP contribution in [0.5, 0.6) is 0 Å². The number of halogens is 3. The lowest BCUT2D eigenvalue weighted by Crippen LogP contribution is -2.44. The highest BCUT2D eigenvalue weighted by molar-refractivity contribution is 6.34. The molecule has 160 valence electrons. The van der Waals surface area contributed by atoms with Gasteiger partial charge < -0.3 is 20.5 Å². The summed E-state index contributed by atoms with van der Waals surface area (Å²) in [6.45, 7) is 5.83. The molecule has 0 amide bonds. The highest BCUT2D eigenvalue weighted by atomic mass is 35.5. The summed E-state index contributed by atoms with van der Waals surface area (Å²) in [5, 5.41) is 7.56. The molecule has 1 atom stereocenters. The number of pyridine rings is 1. The molecule has 0 saturated carbocycles. The molecule has 1 unspecified atom stereocenters. The Balaban J connectivity index is 0.00000128. The predicted octanol–water partition coefficient (Wildman–Crippen LogP) is 3.08. The first-order chi connectivity index (χ1) is 13.7. The van der Waals surface area contributed by atoms with E-state index in [0.717, 1.165) is 43.1 Å². The second-order valence-corrected chi connectivity index (χ2v) is 7.25. The van der Waals surface area contributed by atoms with Gasteiger partial charge in [0.25, 0.3) is 0 Å². The molecule has 1 aliphatic heterocycles. The molecule has 4 aromatic heterocycles. The molecule has 1 aliphatic rings. The SMILES string of the molecule is CC(Nc1ncnc2[nH]cnc12)c1cc(Cl)c2cncn2c1N1CCNCC1.Cl.Cl. The van der Waals surface area contributed by atoms with Gasteiger partial charge in [-0.15, -0.1) is 24.8 Å². The number of rotatable bonds is 4. The summed E-state index contributed by atoms with van der Waals surface area (Å²) >= 11 is 6.58. The average Bonchev–Trinajstić information content (AvgIpc) is 3.39. The van der Waals surface area contributed by atoms with Crippen LogP contribution in [0.4, 0.5) is 11.6 Å². The number of anilines is 2. The number of aromatic nitrogens is 6. The van der Waals surface area contributed by atoms with E-state index >= 15 is 0 Å². The van der Waals surface area contributed by atoms with E-state index in [9.17, 15) is 0 Å². The van der Waals surface area contributed by atoms with Gasteiger partial charge in [0.2, 0.25) is 0 Å². The lowest BCUT2D eigenvalue weighted by Gasteiger charge is -2.33. The zero-order valence-corrected chi connectivity index (χ0v) is 18.6. The highest BCUT2D eigenvalue weighted by Gasteiger charge is 2.23. The molecule has 5 heterocycles. The molecule has 0 aliphatic carbocycles. The van der Waals surface area contributed by atoms with Crippen molar-refractivity contribution in [3.8, 4) is 0 Å². The van der Waals surface area contributed by atoms with Crippen LogP contribution < -0.4 is 15.5 Å². The number of fused-ring (bicyclic) bond motifs is 2. The summed E-state index contributed by atoms with van der Waals surface area (Å²) in [5.41, 5.74) is 3.41. The van der Waals surface area contributed by atoms with E-state index in [1.807, 2.05) is 12.4 Å². The Labute approximate surface area is 190 Å². The number of H-pyrrole nitrogens is 1. The van der Waals surface area contributed by atoms with Crippen molar-refractivity contribution in [3.63, 3.8) is 0 Å². The van der Waals surface area contributed by atoms with Crippen LogP contribution in [0.3, 0.4) is 0 Å². The van der Waals surface area contributed by atoms with Crippen LogP contribution in [0.2, 0.25) is 5.02 Å². The van der Waals surface area contributed by atoms with Crippen LogP contribution in [0.15, 0.2) is 31.2 Å². The van der Waals surface area contributed by atoms with Crippen molar-refractivity contribution in [1.29, 1.82) is 0 Å². The lowest BCUT2D eigenvalue weighted by atomic mass is 10.1. The molecule has 12 heteroatoms. The first-order valence-corrected chi connectivity index (χ1v) is 9.61. The molecule has 0 aromatic carbocycles. The van der Waals surface area contributed by atoms with Crippen molar-refractivity contribution in [2.24, 2.45) is 0 Å². The molecule has 1 saturated heterocycles. The fourth-order valence-corrected chi connectivity index (χ4v) is 4.00. The molecule has 0 radical (unpaired) electrons. The maximum absolute atomic E-state index is 6.58. The van der Waals surface area contributed by atoms with E-state index in [0.29, 0.717) is 22.0 Å². The van der Waals surface area contributed by atoms with Gasteiger partial charge in [-0.25, -0.2) is 19.9 Å². The third-order valence-corrected chi connectivity index (χ3v) is 5.41. The Kier molecular flexibility index (Phi) is 6.87. The minimum Gasteiger partial charge on any atom is -0.361 e. The lowest BCUT2D eigenvalue weighted by molar-refractivity contribution is 0.580. The number of aromatic amines is 1. The molecular weight excluding hydrogens is 449 g/mol. The quantitative estimate of drug-likeness (QED) is 0.421. The number of hydrogen-bond acceptors (Lipinski definition) is 7. The molecule has 1 fully saturated rings. The fourth-order valence-electron chi connectivity index (χ4n) is 3.74. The molecule has 0 bridgehead atoms. The van der Waals surface area contributed by atoms with Crippen LogP contribution in [0, 0.1) is 0 Å². The molecule has 0 spiro atoms. The summed E-state index contributed by atoms with van der Waals surface area (Å²) in [7, 11) is 0. The Hall–Kier alpha value is -2.33. The van der Waals surface area contributed by atoms with Gasteiger partial charge in [-0.2, -0.15) is 0 Å². The van der Waals surface area contributed by atoms with Gasteiger partial charge in [0.1, 0.15) is 24.0 Å². The average molecular weight is 471 g/mol. The first-order valence-electron chi connectivity index (χ1n) is 9.23. The topological polar surface area (TPSA) is 99.1 Å². The highest BCUT2D eigenvalue weighted by Crippen LogP contribution is 2.34. The Morgan fingerprint density at radius 2 is 1.97 bits per heavy atom. The van der Waals surface area contributed by atoms with E-state index in [1.165, 1.54) is 6.33 Å². The third-order valence-electron chi connectivity index (χ3n) is 5.11. The van der Waals surface area contributed by atoms with Crippen molar-refractivity contribution in [2.45, 2.75) is 13.0 Å². The fraction of sp³-hybridized carbons (Fsp3) is 0.333. The van der Waals surface area contributed by atoms with E-state index in [1.54, 1.807) is 12.5 Å². The van der Waals surface area contributed by atoms with Gasteiger partial charge in [0.15, 0.2) is 11.5 Å². The van der Waals surface area contributed by atoms with Crippen molar-refractivity contribution >= 4 is 64.7 Å². The summed E-state index contributed by atoms with van der Waals surface area (Å²) in [4.78, 5) is 22.6. The van der Waals surface area contributed by atoms with Crippen LogP contribution in [0.25, 0.3) is 16.7 Å². The number of hydrogen-bond donors (Lipinski definition) is 3. The van der Waals surface area contributed by atoms with Crippen molar-refractivity contribution in [1.82, 2.24) is 34.6 Å². The summed E-state index contributed by atoms with van der Waals surface area (Å²) < 4.78 is 2.07. The molecule has 9 nitrogen and oxygen atoms in total. The molecule has 5 rings (SSSR count). The smallest absolute Gasteiger partial charge is 0.162 e. The Morgan fingerprint density at radius 3 is 2.77 bits per heavy atom. The van der Waals surface area contributed by atoms with Crippen LogP contribution >= 0.6 is 36.4 Å². The van der Waals surface area contributed by atoms with E-state index < -0.39 is 0 Å². The predicted molar refractivity (Wildman–Crippen MR) is 124 cm³/mol. The number of nitrogens with one attached hydrogen (secondary N) is 3. The van der Waals surface area contributed by atoms with Gasteiger partial charge in [0.05, 0.1) is 29.1 Å². The van der Waals surface area contributed by atoms with Gasteiger partial charge in [-0.3, -0.25) is 4.40 Å². The second kappa shape index (κ2) is 9.22. The normalized spacial score (nSPS) is 14.9. The van der Waals surface area contributed by atoms with Gasteiger partial charge >= 0.3 is 0 Å².